The lowest BCUT2D eigenvalue weighted by atomic mass is 10.1. The van der Waals surface area contributed by atoms with Crippen LogP contribution >= 0.6 is 14.5 Å². The largest absolute Gasteiger partial charge is 0.476 e. The summed E-state index contributed by atoms with van der Waals surface area (Å²) in [6.45, 7) is 4.23. The molecule has 0 aliphatic rings. The molecule has 0 aromatic rings. The van der Waals surface area contributed by atoms with Crippen molar-refractivity contribution < 1.29 is 28.1 Å². The van der Waals surface area contributed by atoms with Crippen molar-refractivity contribution in [2.75, 3.05) is 6.61 Å². The number of rotatable bonds is 11. The summed E-state index contributed by atoms with van der Waals surface area (Å²) in [5.41, 5.74) is 3.71. The molecule has 0 spiro atoms. The van der Waals surface area contributed by atoms with Gasteiger partial charge in [0.15, 0.2) is 0 Å². The molecule has 1 unspecified atom stereocenters. The Balaban J connectivity index is 4.18. The van der Waals surface area contributed by atoms with E-state index in [-0.39, 0.29) is 6.61 Å². The fourth-order valence-corrected chi connectivity index (χ4v) is 4.26. The molecule has 0 radical (unpaired) electrons. The highest BCUT2D eigenvalue weighted by atomic mass is 32.5. The zero-order valence-corrected chi connectivity index (χ0v) is 17.2. The van der Waals surface area contributed by atoms with Crippen LogP contribution in [-0.2, 0) is 25.2 Å². The van der Waals surface area contributed by atoms with Gasteiger partial charge in [-0.15, -0.1) is 0 Å². The molecule has 0 fully saturated rings. The second kappa shape index (κ2) is 11.5. The second-order valence-electron chi connectivity index (χ2n) is 5.80. The van der Waals surface area contributed by atoms with Crippen LogP contribution in [-0.4, -0.2) is 21.3 Å². The third-order valence-corrected chi connectivity index (χ3v) is 6.07. The van der Waals surface area contributed by atoms with Crippen LogP contribution in [0.4, 0.5) is 0 Å². The van der Waals surface area contributed by atoms with Crippen LogP contribution in [0.5, 0.6) is 0 Å². The maximum atomic E-state index is 10.6. The molecular weight excluding hydrogens is 370 g/mol. The topological polar surface area (TPSA) is 96.2 Å². The van der Waals surface area contributed by atoms with Gasteiger partial charge in [0.2, 0.25) is 0 Å². The molecule has 6 nitrogen and oxygen atoms in total. The van der Waals surface area contributed by atoms with E-state index in [9.17, 15) is 9.46 Å². The zero-order valence-electron chi connectivity index (χ0n) is 14.6. The van der Waals surface area contributed by atoms with E-state index in [2.05, 4.69) is 49.0 Å². The van der Waals surface area contributed by atoms with Crippen LogP contribution in [0.3, 0.4) is 0 Å². The zero-order chi connectivity index (χ0) is 18.8. The fraction of sp³-hybridized carbons (Fsp3) is 0.600. The SMILES string of the molecule is CC(C)=CCC/C(C)=C/CC/C(C)=C/COP(O)(=S)OP(=O)(O)O. The first-order valence-corrected chi connectivity index (χ1v) is 11.7. The quantitative estimate of drug-likeness (QED) is 0.341. The summed E-state index contributed by atoms with van der Waals surface area (Å²) in [6, 6.07) is 0. The lowest BCUT2D eigenvalue weighted by Gasteiger charge is -2.14. The molecule has 0 bridgehead atoms. The van der Waals surface area contributed by atoms with Gasteiger partial charge in [0.1, 0.15) is 0 Å². The predicted molar refractivity (Wildman–Crippen MR) is 101 cm³/mol. The summed E-state index contributed by atoms with van der Waals surface area (Å²) in [4.78, 5) is 26.7. The molecule has 0 aromatic heterocycles. The molecule has 24 heavy (non-hydrogen) atoms. The van der Waals surface area contributed by atoms with Crippen LogP contribution in [0.25, 0.3) is 0 Å². The fourth-order valence-electron chi connectivity index (χ4n) is 1.77. The Morgan fingerprint density at radius 3 is 1.96 bits per heavy atom. The molecule has 0 amide bonds. The first-order chi connectivity index (χ1) is 10.9. The molecule has 140 valence electrons. The van der Waals surface area contributed by atoms with Crippen molar-refractivity contribution in [3.8, 4) is 0 Å². The summed E-state index contributed by atoms with van der Waals surface area (Å²) < 4.78 is 19.5. The Labute approximate surface area is 149 Å². The highest BCUT2D eigenvalue weighted by molar-refractivity contribution is 8.08. The molecule has 3 N–H and O–H groups in total. The molecule has 1 atom stereocenters. The van der Waals surface area contributed by atoms with Gasteiger partial charge < -0.3 is 19.2 Å². The third kappa shape index (κ3) is 15.4. The van der Waals surface area contributed by atoms with Crippen molar-refractivity contribution >= 4 is 26.3 Å². The minimum atomic E-state index is -4.86. The van der Waals surface area contributed by atoms with Gasteiger partial charge in [0.25, 0.3) is 0 Å². The average Bonchev–Trinajstić information content (AvgIpc) is 2.34. The maximum Gasteiger partial charge on any atom is 0.476 e. The van der Waals surface area contributed by atoms with Crippen molar-refractivity contribution in [1.29, 1.82) is 0 Å². The monoisotopic (exact) mass is 398 g/mol. The van der Waals surface area contributed by atoms with E-state index in [1.54, 1.807) is 6.08 Å². The smallest absolute Gasteiger partial charge is 0.324 e. The molecule has 0 saturated heterocycles. The Kier molecular flexibility index (Phi) is 11.5. The van der Waals surface area contributed by atoms with Crippen LogP contribution < -0.4 is 0 Å². The minimum absolute atomic E-state index is 0.0527. The molecule has 0 aliphatic heterocycles. The van der Waals surface area contributed by atoms with Gasteiger partial charge in [0.05, 0.1) is 6.61 Å². The van der Waals surface area contributed by atoms with E-state index in [4.69, 9.17) is 14.3 Å². The van der Waals surface area contributed by atoms with Crippen LogP contribution in [0.1, 0.15) is 53.4 Å². The van der Waals surface area contributed by atoms with E-state index < -0.39 is 14.5 Å². The summed E-state index contributed by atoms with van der Waals surface area (Å²) in [7, 11) is -4.86. The van der Waals surface area contributed by atoms with Crippen molar-refractivity contribution in [2.45, 2.75) is 53.4 Å². The highest BCUT2D eigenvalue weighted by Crippen LogP contribution is 2.57. The second-order valence-corrected chi connectivity index (χ2v) is 10.0. The van der Waals surface area contributed by atoms with Crippen molar-refractivity contribution in [1.82, 2.24) is 0 Å². The Morgan fingerprint density at radius 2 is 1.46 bits per heavy atom. The van der Waals surface area contributed by atoms with E-state index in [0.29, 0.717) is 0 Å². The molecule has 0 rings (SSSR count). The Bertz CT molecular complexity index is 573. The lowest BCUT2D eigenvalue weighted by Crippen LogP contribution is -1.94. The van der Waals surface area contributed by atoms with Gasteiger partial charge in [-0.1, -0.05) is 34.9 Å². The molecular formula is C15H28O6P2S. The van der Waals surface area contributed by atoms with Crippen LogP contribution in [0, 0.1) is 0 Å². The molecule has 0 aromatic carbocycles. The molecule has 9 heteroatoms. The standard InChI is InChI=1S/C15H28O6P2S/c1-13(2)7-5-8-14(3)9-6-10-15(4)11-12-20-23(19,24)21-22(16,17)18/h7,9,11H,5-6,8,10,12H2,1-4H3,(H,19,24)(H2,16,17,18)/b14-9+,15-11+. The van der Waals surface area contributed by atoms with Gasteiger partial charge in [-0.3, -0.25) is 0 Å². The van der Waals surface area contributed by atoms with E-state index >= 15 is 0 Å². The summed E-state index contributed by atoms with van der Waals surface area (Å²) >= 11 is 4.51. The summed E-state index contributed by atoms with van der Waals surface area (Å²) in [5.74, 6) is 0. The van der Waals surface area contributed by atoms with Gasteiger partial charge in [-0.25, -0.2) is 8.88 Å². The van der Waals surface area contributed by atoms with E-state index in [0.717, 1.165) is 31.3 Å². The summed E-state index contributed by atoms with van der Waals surface area (Å²) in [5, 5.41) is 0. The molecule has 0 heterocycles. The molecule has 0 saturated carbocycles. The van der Waals surface area contributed by atoms with Gasteiger partial charge in [-0.2, -0.15) is 0 Å². The minimum Gasteiger partial charge on any atom is -0.324 e. The van der Waals surface area contributed by atoms with Crippen LogP contribution in [0.15, 0.2) is 34.9 Å². The van der Waals surface area contributed by atoms with Crippen molar-refractivity contribution in [3.05, 3.63) is 34.9 Å². The van der Waals surface area contributed by atoms with Crippen molar-refractivity contribution in [3.63, 3.8) is 0 Å². The highest BCUT2D eigenvalue weighted by Gasteiger charge is 2.27. The number of hydrogen-bond acceptors (Lipinski definition) is 4. The van der Waals surface area contributed by atoms with Gasteiger partial charge >= 0.3 is 14.5 Å². The third-order valence-electron chi connectivity index (χ3n) is 3.00. The first kappa shape index (κ1) is 23.9. The van der Waals surface area contributed by atoms with E-state index in [1.165, 1.54) is 11.1 Å². The number of phosphoric acid groups is 1. The summed E-state index contributed by atoms with van der Waals surface area (Å²) in [6.07, 6.45) is 9.96. The molecule has 0 aliphatic carbocycles. The Hall–Kier alpha value is -0.100. The van der Waals surface area contributed by atoms with Crippen molar-refractivity contribution in [2.24, 2.45) is 0 Å². The normalized spacial score (nSPS) is 16.0. The van der Waals surface area contributed by atoms with Gasteiger partial charge in [0, 0.05) is 0 Å². The maximum absolute atomic E-state index is 10.6. The predicted octanol–water partition coefficient (Wildman–Crippen LogP) is 4.75. The Morgan fingerprint density at radius 1 is 0.958 bits per heavy atom. The number of allylic oxidation sites excluding steroid dienone is 5. The van der Waals surface area contributed by atoms with Gasteiger partial charge in [-0.05, 0) is 65.2 Å². The van der Waals surface area contributed by atoms with E-state index in [1.807, 2.05) is 6.92 Å². The lowest BCUT2D eigenvalue weighted by molar-refractivity contribution is 0.232. The number of hydrogen-bond donors (Lipinski definition) is 3. The average molecular weight is 398 g/mol. The first-order valence-electron chi connectivity index (χ1n) is 7.60. The van der Waals surface area contributed by atoms with Crippen LogP contribution in [0.2, 0.25) is 0 Å².